The number of aryl methyl sites for hydroxylation is 1. The van der Waals surface area contributed by atoms with Crippen LogP contribution in [0.2, 0.25) is 0 Å². The Morgan fingerprint density at radius 1 is 1.06 bits per heavy atom. The van der Waals surface area contributed by atoms with Crippen LogP contribution in [-0.4, -0.2) is 53.5 Å². The maximum Gasteiger partial charge on any atom is 0.246 e. The first kappa shape index (κ1) is 23.5. The molecule has 3 aromatic carbocycles. The van der Waals surface area contributed by atoms with Gasteiger partial charge in [0.05, 0.1) is 6.04 Å². The Balaban J connectivity index is 1.52. The molecule has 0 bridgehead atoms. The average Bonchev–Trinajstić information content (AvgIpc) is 3.39. The number of sulfonamides is 1. The van der Waals surface area contributed by atoms with Crippen molar-refractivity contribution < 1.29 is 13.0 Å². The van der Waals surface area contributed by atoms with E-state index in [1.165, 1.54) is 10.4 Å². The van der Waals surface area contributed by atoms with Crippen molar-refractivity contribution in [1.29, 1.82) is 5.26 Å². The van der Waals surface area contributed by atoms with Gasteiger partial charge in [-0.2, -0.15) is 9.57 Å². The number of nitrogens with zero attached hydrogens (tertiary/aromatic N) is 6. The average molecular weight is 502 g/mol. The zero-order valence-electron chi connectivity index (χ0n) is 19.4. The highest BCUT2D eigenvalue weighted by Crippen LogP contribution is 2.33. The van der Waals surface area contributed by atoms with Crippen LogP contribution >= 0.6 is 0 Å². The number of nitriles is 1. The second kappa shape index (κ2) is 9.77. The van der Waals surface area contributed by atoms with Crippen LogP contribution in [0.5, 0.6) is 0 Å². The van der Waals surface area contributed by atoms with Crippen molar-refractivity contribution in [3.05, 3.63) is 83.9 Å². The molecule has 1 fully saturated rings. The first-order chi connectivity index (χ1) is 17.5. The third-order valence-corrected chi connectivity index (χ3v) is 8.14. The fraction of sp³-hybridized carbons (Fsp3) is 0.200. The van der Waals surface area contributed by atoms with Crippen molar-refractivity contribution in [2.75, 3.05) is 25.0 Å². The number of piperazine rings is 1. The highest BCUT2D eigenvalue weighted by atomic mass is 32.2. The van der Waals surface area contributed by atoms with Gasteiger partial charge in [0.1, 0.15) is 10.4 Å². The van der Waals surface area contributed by atoms with Gasteiger partial charge in [-0.1, -0.05) is 54.6 Å². The molecule has 1 aliphatic heterocycles. The zero-order valence-corrected chi connectivity index (χ0v) is 20.3. The summed E-state index contributed by atoms with van der Waals surface area (Å²) in [4.78, 5) is 5.97. The first-order valence-electron chi connectivity index (χ1n) is 11.3. The Bertz CT molecular complexity index is 1560. The second-order valence-corrected chi connectivity index (χ2v) is 10.2. The molecule has 0 radical (unpaired) electrons. The number of guanidine groups is 1. The molecule has 1 unspecified atom stereocenters. The predicted molar refractivity (Wildman–Crippen MR) is 134 cm³/mol. The van der Waals surface area contributed by atoms with Gasteiger partial charge in [0.2, 0.25) is 22.2 Å². The van der Waals surface area contributed by atoms with Crippen molar-refractivity contribution >= 4 is 32.7 Å². The van der Waals surface area contributed by atoms with Crippen molar-refractivity contribution in [3.8, 4) is 6.19 Å². The Morgan fingerprint density at radius 3 is 2.61 bits per heavy atom. The van der Waals surface area contributed by atoms with Crippen LogP contribution in [0.1, 0.15) is 17.2 Å². The molecule has 1 N–H and O–H groups in total. The van der Waals surface area contributed by atoms with E-state index in [1.807, 2.05) is 72.6 Å². The van der Waals surface area contributed by atoms with Gasteiger partial charge in [0.15, 0.2) is 5.52 Å². The zero-order chi connectivity index (χ0) is 25.1. The van der Waals surface area contributed by atoms with Crippen LogP contribution in [0.15, 0.2) is 87.3 Å². The smallest absolute Gasteiger partial charge is 0.246 e. The largest absolute Gasteiger partial charge is 0.339 e. The topological polar surface area (TPSA) is 128 Å². The minimum Gasteiger partial charge on any atom is -0.339 e. The lowest BCUT2D eigenvalue weighted by Gasteiger charge is -2.41. The van der Waals surface area contributed by atoms with E-state index in [0.717, 1.165) is 16.8 Å². The molecule has 1 aliphatic rings. The summed E-state index contributed by atoms with van der Waals surface area (Å²) in [5, 5.41) is 20.2. The molecular weight excluding hydrogens is 478 g/mol. The fourth-order valence-electron chi connectivity index (χ4n) is 4.37. The normalized spacial score (nSPS) is 17.2. The van der Waals surface area contributed by atoms with Gasteiger partial charge >= 0.3 is 0 Å². The van der Waals surface area contributed by atoms with Crippen molar-refractivity contribution in [1.82, 2.24) is 19.5 Å². The van der Waals surface area contributed by atoms with Crippen LogP contribution in [0.25, 0.3) is 11.0 Å². The molecule has 0 spiro atoms. The molecule has 0 amide bonds. The van der Waals surface area contributed by atoms with E-state index in [2.05, 4.69) is 20.6 Å². The number of rotatable bonds is 4. The monoisotopic (exact) mass is 501 g/mol. The standard InChI is InChI=1S/C25H23N7O3S/c1-18-8-5-6-11-20(18)28-25(27-17-26)31-14-15-32(22(16-31)19-9-3-2-4-10-19)36(33,34)23-13-7-12-21-24(23)30-35-29-21/h2-13,22H,14-16H2,1H3,(H,27,28). The van der Waals surface area contributed by atoms with Gasteiger partial charge in [0.25, 0.3) is 0 Å². The van der Waals surface area contributed by atoms with Crippen LogP contribution in [-0.2, 0) is 10.0 Å². The lowest BCUT2D eigenvalue weighted by molar-refractivity contribution is 0.194. The van der Waals surface area contributed by atoms with Crippen LogP contribution in [0.3, 0.4) is 0 Å². The number of aromatic nitrogens is 2. The van der Waals surface area contributed by atoms with Gasteiger partial charge in [0, 0.05) is 25.3 Å². The molecule has 1 aromatic heterocycles. The van der Waals surface area contributed by atoms with E-state index in [1.54, 1.807) is 12.1 Å². The summed E-state index contributed by atoms with van der Waals surface area (Å²) in [6.07, 6.45) is 1.87. The van der Waals surface area contributed by atoms with Gasteiger partial charge in [-0.25, -0.2) is 13.0 Å². The minimum absolute atomic E-state index is 0.0413. The molecule has 0 saturated carbocycles. The highest BCUT2D eigenvalue weighted by molar-refractivity contribution is 7.89. The number of fused-ring (bicyclic) bond motifs is 1. The Kier molecular flexibility index (Phi) is 6.37. The summed E-state index contributed by atoms with van der Waals surface area (Å²) >= 11 is 0. The summed E-state index contributed by atoms with van der Waals surface area (Å²) in [5.41, 5.74) is 3.21. The van der Waals surface area contributed by atoms with Crippen molar-refractivity contribution in [3.63, 3.8) is 0 Å². The van der Waals surface area contributed by atoms with Crippen molar-refractivity contribution in [2.24, 2.45) is 4.99 Å². The van der Waals surface area contributed by atoms with Gasteiger partial charge in [-0.3, -0.25) is 0 Å². The Hall–Kier alpha value is -4.27. The van der Waals surface area contributed by atoms with Crippen LogP contribution < -0.4 is 5.32 Å². The van der Waals surface area contributed by atoms with E-state index >= 15 is 0 Å². The fourth-order valence-corrected chi connectivity index (χ4v) is 6.10. The lowest BCUT2D eigenvalue weighted by Crippen LogP contribution is -2.53. The van der Waals surface area contributed by atoms with Crippen LogP contribution in [0.4, 0.5) is 5.69 Å². The molecule has 10 nitrogen and oxygen atoms in total. The molecule has 182 valence electrons. The number of aliphatic imine (C=N–C) groups is 1. The number of para-hydroxylation sites is 1. The molecule has 0 aliphatic carbocycles. The third-order valence-electron chi connectivity index (χ3n) is 6.20. The summed E-state index contributed by atoms with van der Waals surface area (Å²) < 4.78 is 34.1. The van der Waals surface area contributed by atoms with E-state index < -0.39 is 16.1 Å². The Morgan fingerprint density at radius 2 is 1.83 bits per heavy atom. The van der Waals surface area contributed by atoms with E-state index in [4.69, 9.17) is 4.63 Å². The number of benzene rings is 3. The number of nitrogens with one attached hydrogen (secondary N) is 1. The molecular formula is C25H23N7O3S. The van der Waals surface area contributed by atoms with Crippen molar-refractivity contribution in [2.45, 2.75) is 17.9 Å². The molecule has 2 heterocycles. The molecule has 1 saturated heterocycles. The second-order valence-electron chi connectivity index (χ2n) is 8.35. The predicted octanol–water partition coefficient (Wildman–Crippen LogP) is 3.53. The summed E-state index contributed by atoms with van der Waals surface area (Å²) in [6.45, 7) is 2.75. The van der Waals surface area contributed by atoms with E-state index in [0.29, 0.717) is 18.0 Å². The van der Waals surface area contributed by atoms with E-state index in [9.17, 15) is 13.7 Å². The number of hydrogen-bond acceptors (Lipinski definition) is 7. The maximum atomic E-state index is 13.9. The van der Waals surface area contributed by atoms with Crippen LogP contribution in [0, 0.1) is 18.4 Å². The SMILES string of the molecule is Cc1ccccc1N/C(=N\C#N)N1CCN(S(=O)(=O)c2cccc3nonc23)C(c2ccccc2)C1. The molecule has 4 aromatic rings. The highest BCUT2D eigenvalue weighted by Gasteiger charge is 2.39. The maximum absolute atomic E-state index is 13.9. The van der Waals surface area contributed by atoms with E-state index in [-0.39, 0.29) is 23.5 Å². The summed E-state index contributed by atoms with van der Waals surface area (Å²) in [7, 11) is -3.96. The summed E-state index contributed by atoms with van der Waals surface area (Å²) in [5.74, 6) is 0.368. The lowest BCUT2D eigenvalue weighted by atomic mass is 10.0. The number of hydrogen-bond donors (Lipinski definition) is 1. The number of anilines is 1. The molecule has 1 atom stereocenters. The molecule has 5 rings (SSSR count). The quantitative estimate of drug-likeness (QED) is 0.256. The minimum atomic E-state index is -3.96. The third kappa shape index (κ3) is 4.39. The molecule has 11 heteroatoms. The first-order valence-corrected chi connectivity index (χ1v) is 12.8. The molecule has 36 heavy (non-hydrogen) atoms. The van der Waals surface area contributed by atoms with Gasteiger partial charge in [-0.15, -0.1) is 4.99 Å². The van der Waals surface area contributed by atoms with Gasteiger partial charge in [-0.05, 0) is 46.6 Å². The Labute approximate surface area is 208 Å². The summed E-state index contributed by atoms with van der Waals surface area (Å²) in [6, 6.07) is 21.4. The van der Waals surface area contributed by atoms with Gasteiger partial charge < -0.3 is 10.2 Å².